The van der Waals surface area contributed by atoms with Crippen molar-refractivity contribution in [2.24, 2.45) is 11.7 Å². The lowest BCUT2D eigenvalue weighted by Crippen LogP contribution is -2.34. The third-order valence-corrected chi connectivity index (χ3v) is 3.07. The van der Waals surface area contributed by atoms with E-state index in [-0.39, 0.29) is 30.5 Å². The summed E-state index contributed by atoms with van der Waals surface area (Å²) in [7, 11) is 0. The number of nitrogens with one attached hydrogen (secondary N) is 1. The van der Waals surface area contributed by atoms with Crippen molar-refractivity contribution in [2.75, 3.05) is 11.9 Å². The molecule has 0 heterocycles. The molecule has 1 rings (SSSR count). The highest BCUT2D eigenvalue weighted by atomic mass is 35.5. The third kappa shape index (κ3) is 5.38. The maximum atomic E-state index is 12.7. The molecule has 2 atom stereocenters. The number of ether oxygens (including phenoxy) is 1. The van der Waals surface area contributed by atoms with Crippen LogP contribution < -0.4 is 15.8 Å². The molecule has 0 bridgehead atoms. The summed E-state index contributed by atoms with van der Waals surface area (Å²) in [5.74, 6) is -0.796. The molecule has 0 aromatic heterocycles. The lowest BCUT2D eigenvalue weighted by Gasteiger charge is -2.18. The van der Waals surface area contributed by atoms with Crippen LogP contribution in [0.25, 0.3) is 0 Å². The van der Waals surface area contributed by atoms with Crippen molar-refractivity contribution in [3.8, 4) is 5.75 Å². The van der Waals surface area contributed by atoms with Crippen LogP contribution in [0.4, 0.5) is 18.9 Å². The van der Waals surface area contributed by atoms with E-state index in [2.05, 4.69) is 5.32 Å². The predicted molar refractivity (Wildman–Crippen MR) is 81.3 cm³/mol. The summed E-state index contributed by atoms with van der Waals surface area (Å²) >= 11 is 0. The Morgan fingerprint density at radius 1 is 1.36 bits per heavy atom. The molecule has 22 heavy (non-hydrogen) atoms. The maximum Gasteiger partial charge on any atom is 0.416 e. The maximum absolute atomic E-state index is 12.7. The van der Waals surface area contributed by atoms with Crippen molar-refractivity contribution in [1.29, 1.82) is 0 Å². The average molecular weight is 341 g/mol. The molecule has 1 aromatic carbocycles. The van der Waals surface area contributed by atoms with Crippen LogP contribution in [-0.4, -0.2) is 18.6 Å². The van der Waals surface area contributed by atoms with E-state index in [4.69, 9.17) is 10.5 Å². The van der Waals surface area contributed by atoms with Gasteiger partial charge in [-0.2, -0.15) is 13.2 Å². The first-order valence-electron chi connectivity index (χ1n) is 6.57. The molecular weight excluding hydrogens is 321 g/mol. The molecule has 2 unspecified atom stereocenters. The van der Waals surface area contributed by atoms with Crippen molar-refractivity contribution in [3.05, 3.63) is 23.8 Å². The molecule has 0 aliphatic heterocycles. The summed E-state index contributed by atoms with van der Waals surface area (Å²) in [5, 5.41) is 2.44. The Bertz CT molecular complexity index is 507. The van der Waals surface area contributed by atoms with E-state index in [9.17, 15) is 18.0 Å². The van der Waals surface area contributed by atoms with Gasteiger partial charge in [0.2, 0.25) is 5.91 Å². The molecule has 3 N–H and O–H groups in total. The van der Waals surface area contributed by atoms with Gasteiger partial charge in [0.15, 0.2) is 0 Å². The summed E-state index contributed by atoms with van der Waals surface area (Å²) in [6.45, 7) is 5.23. The first-order valence-corrected chi connectivity index (χ1v) is 6.57. The molecule has 126 valence electrons. The lowest BCUT2D eigenvalue weighted by molar-refractivity contribution is -0.137. The number of alkyl halides is 3. The first-order chi connectivity index (χ1) is 9.66. The van der Waals surface area contributed by atoms with Crippen molar-refractivity contribution >= 4 is 24.0 Å². The molecule has 0 aliphatic rings. The quantitative estimate of drug-likeness (QED) is 0.863. The second kappa shape index (κ2) is 8.24. The van der Waals surface area contributed by atoms with Crippen LogP contribution in [0.1, 0.15) is 26.3 Å². The largest absolute Gasteiger partial charge is 0.492 e. The third-order valence-electron chi connectivity index (χ3n) is 3.07. The van der Waals surface area contributed by atoms with Crippen LogP contribution >= 0.6 is 12.4 Å². The molecule has 8 heteroatoms. The summed E-state index contributed by atoms with van der Waals surface area (Å²) in [6.07, 6.45) is -4.49. The summed E-state index contributed by atoms with van der Waals surface area (Å²) < 4.78 is 43.4. The fourth-order valence-corrected chi connectivity index (χ4v) is 1.57. The first kappa shape index (κ1) is 20.5. The van der Waals surface area contributed by atoms with E-state index in [0.29, 0.717) is 0 Å². The zero-order valence-corrected chi connectivity index (χ0v) is 13.3. The average Bonchev–Trinajstić information content (AvgIpc) is 2.38. The van der Waals surface area contributed by atoms with Gasteiger partial charge in [-0.25, -0.2) is 0 Å². The Balaban J connectivity index is 0.00000441. The van der Waals surface area contributed by atoms with Crippen molar-refractivity contribution in [1.82, 2.24) is 0 Å². The topological polar surface area (TPSA) is 64.3 Å². The van der Waals surface area contributed by atoms with Gasteiger partial charge in [-0.05, 0) is 32.0 Å². The Morgan fingerprint density at radius 3 is 2.41 bits per heavy atom. The molecular formula is C14H20ClF3N2O2. The van der Waals surface area contributed by atoms with Gasteiger partial charge in [0.1, 0.15) is 5.75 Å². The molecule has 0 aliphatic carbocycles. The highest BCUT2D eigenvalue weighted by molar-refractivity contribution is 5.94. The fraction of sp³-hybridized carbons (Fsp3) is 0.500. The van der Waals surface area contributed by atoms with Gasteiger partial charge >= 0.3 is 6.18 Å². The van der Waals surface area contributed by atoms with Crippen molar-refractivity contribution in [3.63, 3.8) is 0 Å². The highest BCUT2D eigenvalue weighted by Gasteiger charge is 2.31. The Kier molecular flexibility index (Phi) is 7.69. The van der Waals surface area contributed by atoms with Gasteiger partial charge < -0.3 is 15.8 Å². The minimum atomic E-state index is -4.49. The van der Waals surface area contributed by atoms with Crippen LogP contribution in [0.2, 0.25) is 0 Å². The fourth-order valence-electron chi connectivity index (χ4n) is 1.57. The predicted octanol–water partition coefficient (Wildman–Crippen LogP) is 3.45. The van der Waals surface area contributed by atoms with Crippen LogP contribution in [0.3, 0.4) is 0 Å². The number of carbonyl (C=O) groups excluding carboxylic acids is 1. The molecule has 0 saturated carbocycles. The number of hydrogen-bond donors (Lipinski definition) is 2. The number of nitrogens with two attached hydrogens (primary N) is 1. The SMILES string of the molecule is CCOc1ccc(C(F)(F)F)cc1NC(=O)C(C)C(C)N.Cl. The Hall–Kier alpha value is -1.47. The number of anilines is 1. The Labute approximate surface area is 133 Å². The molecule has 1 amide bonds. The van der Waals surface area contributed by atoms with Crippen LogP contribution in [0.15, 0.2) is 18.2 Å². The zero-order valence-electron chi connectivity index (χ0n) is 12.5. The van der Waals surface area contributed by atoms with Gasteiger partial charge in [-0.15, -0.1) is 12.4 Å². The number of rotatable bonds is 5. The molecule has 0 saturated heterocycles. The molecule has 0 radical (unpaired) electrons. The molecule has 0 spiro atoms. The van der Waals surface area contributed by atoms with Gasteiger partial charge in [0, 0.05) is 6.04 Å². The highest BCUT2D eigenvalue weighted by Crippen LogP contribution is 2.35. The molecule has 4 nitrogen and oxygen atoms in total. The van der Waals surface area contributed by atoms with E-state index >= 15 is 0 Å². The second-order valence-electron chi connectivity index (χ2n) is 4.78. The number of hydrogen-bond acceptors (Lipinski definition) is 3. The molecule has 1 aromatic rings. The number of carbonyl (C=O) groups is 1. The number of benzene rings is 1. The smallest absolute Gasteiger partial charge is 0.416 e. The van der Waals surface area contributed by atoms with E-state index < -0.39 is 29.6 Å². The van der Waals surface area contributed by atoms with Crippen molar-refractivity contribution in [2.45, 2.75) is 33.0 Å². The second-order valence-corrected chi connectivity index (χ2v) is 4.78. The minimum Gasteiger partial charge on any atom is -0.492 e. The van der Waals surface area contributed by atoms with Gasteiger partial charge in [-0.3, -0.25) is 4.79 Å². The van der Waals surface area contributed by atoms with Crippen LogP contribution in [0.5, 0.6) is 5.75 Å². The van der Waals surface area contributed by atoms with E-state index in [1.165, 1.54) is 6.07 Å². The standard InChI is InChI=1S/C14H19F3N2O2.ClH/c1-4-21-12-6-5-10(14(15,16)17)7-11(12)19-13(20)8(2)9(3)18;/h5-9H,4,18H2,1-3H3,(H,19,20);1H. The zero-order chi connectivity index (χ0) is 16.2. The summed E-state index contributed by atoms with van der Waals surface area (Å²) in [6, 6.07) is 2.55. The Morgan fingerprint density at radius 2 is 1.95 bits per heavy atom. The van der Waals surface area contributed by atoms with Gasteiger partial charge in [-0.1, -0.05) is 6.92 Å². The van der Waals surface area contributed by atoms with Gasteiger partial charge in [0.05, 0.1) is 23.8 Å². The van der Waals surface area contributed by atoms with E-state index in [0.717, 1.165) is 12.1 Å². The number of amides is 1. The minimum absolute atomic E-state index is 0. The summed E-state index contributed by atoms with van der Waals surface area (Å²) in [4.78, 5) is 11.9. The van der Waals surface area contributed by atoms with E-state index in [1.54, 1.807) is 20.8 Å². The number of halogens is 4. The van der Waals surface area contributed by atoms with Crippen LogP contribution in [-0.2, 0) is 11.0 Å². The van der Waals surface area contributed by atoms with Crippen molar-refractivity contribution < 1.29 is 22.7 Å². The van der Waals surface area contributed by atoms with Crippen LogP contribution in [0, 0.1) is 5.92 Å². The lowest BCUT2D eigenvalue weighted by atomic mass is 10.0. The summed E-state index contributed by atoms with van der Waals surface area (Å²) in [5.41, 5.74) is 4.75. The normalized spacial score (nSPS) is 13.8. The monoisotopic (exact) mass is 340 g/mol. The van der Waals surface area contributed by atoms with Gasteiger partial charge in [0.25, 0.3) is 0 Å². The molecule has 0 fully saturated rings. The van der Waals surface area contributed by atoms with E-state index in [1.807, 2.05) is 0 Å².